The summed E-state index contributed by atoms with van der Waals surface area (Å²) in [7, 11) is 0. The normalized spacial score (nSPS) is 11.1. The molecule has 0 fully saturated rings. The Morgan fingerprint density at radius 2 is 0.964 bits per heavy atom. The zero-order chi connectivity index (χ0) is 37.6. The number of nitrogens with zero attached hydrogens (tertiary/aromatic N) is 5. The van der Waals surface area contributed by atoms with Crippen molar-refractivity contribution < 1.29 is 13.2 Å². The Morgan fingerprint density at radius 3 is 1.60 bits per heavy atom. The van der Waals surface area contributed by atoms with Crippen LogP contribution in [0.2, 0.25) is 0 Å². The molecule has 0 amide bonds. The molecule has 0 atom stereocenters. The quantitative estimate of drug-likeness (QED) is 0.101. The van der Waals surface area contributed by atoms with Crippen LogP contribution >= 0.6 is 0 Å². The van der Waals surface area contributed by atoms with Gasteiger partial charge in [-0.25, -0.2) is 37.8 Å². The van der Waals surface area contributed by atoms with Crippen molar-refractivity contribution in [2.24, 2.45) is 0 Å². The molecule has 0 aliphatic carbocycles. The molecule has 5 nitrogen and oxygen atoms in total. The number of halogens is 3. The second kappa shape index (κ2) is 13.4. The van der Waals surface area contributed by atoms with Gasteiger partial charge in [0, 0.05) is 21.7 Å². The zero-order valence-electron chi connectivity index (χ0n) is 28.7. The molecule has 55 heavy (non-hydrogen) atoms. The molecule has 9 rings (SSSR count). The van der Waals surface area contributed by atoms with Crippen molar-refractivity contribution in [2.75, 3.05) is 0 Å². The van der Waals surface area contributed by atoms with Gasteiger partial charge in [0.15, 0.2) is 28.8 Å². The number of fused-ring (bicyclic) bond motifs is 5. The summed E-state index contributed by atoms with van der Waals surface area (Å²) in [5, 5.41) is 2.37. The van der Waals surface area contributed by atoms with Crippen LogP contribution in [0.4, 0.5) is 24.5 Å². The van der Waals surface area contributed by atoms with E-state index in [1.165, 1.54) is 0 Å². The van der Waals surface area contributed by atoms with Crippen molar-refractivity contribution in [3.8, 4) is 56.0 Å². The molecule has 0 radical (unpaired) electrons. The maximum absolute atomic E-state index is 14.8. The second-order valence-electron chi connectivity index (χ2n) is 12.9. The first kappa shape index (κ1) is 33.2. The van der Waals surface area contributed by atoms with Crippen molar-refractivity contribution >= 4 is 44.1 Å². The minimum absolute atomic E-state index is 0.149. The first-order valence-corrected chi connectivity index (χ1v) is 17.2. The highest BCUT2D eigenvalue weighted by atomic mass is 19.2. The predicted molar refractivity (Wildman–Crippen MR) is 212 cm³/mol. The molecule has 8 heteroatoms. The van der Waals surface area contributed by atoms with E-state index in [1.54, 1.807) is 36.4 Å². The highest BCUT2D eigenvalue weighted by Crippen LogP contribution is 2.45. The van der Waals surface area contributed by atoms with Gasteiger partial charge in [0.25, 0.3) is 0 Å². The van der Waals surface area contributed by atoms with E-state index in [0.717, 1.165) is 45.2 Å². The van der Waals surface area contributed by atoms with Crippen molar-refractivity contribution in [1.82, 2.24) is 15.0 Å². The molecule has 0 aliphatic rings. The Balaban J connectivity index is 1.48. The lowest BCUT2D eigenvalue weighted by Crippen LogP contribution is -2.00. The van der Waals surface area contributed by atoms with Crippen LogP contribution in [0.5, 0.6) is 0 Å². The third kappa shape index (κ3) is 5.70. The van der Waals surface area contributed by atoms with Gasteiger partial charge in [0.1, 0.15) is 0 Å². The monoisotopic (exact) mass is 715 g/mol. The van der Waals surface area contributed by atoms with Gasteiger partial charge in [-0.05, 0) is 57.6 Å². The summed E-state index contributed by atoms with van der Waals surface area (Å²) in [4.78, 5) is 23.1. The van der Waals surface area contributed by atoms with E-state index >= 15 is 0 Å². The van der Waals surface area contributed by atoms with Crippen LogP contribution in [-0.2, 0) is 0 Å². The van der Waals surface area contributed by atoms with Crippen molar-refractivity contribution in [3.63, 3.8) is 0 Å². The lowest BCUT2D eigenvalue weighted by Gasteiger charge is -2.19. The summed E-state index contributed by atoms with van der Waals surface area (Å²) < 4.78 is 43.7. The molecule has 2 aromatic heterocycles. The summed E-state index contributed by atoms with van der Waals surface area (Å²) in [6.45, 7) is 15.0. The smallest absolute Gasteiger partial charge is 0.194 e. The van der Waals surface area contributed by atoms with Crippen LogP contribution in [-0.4, -0.2) is 15.0 Å². The van der Waals surface area contributed by atoms with E-state index in [-0.39, 0.29) is 5.56 Å². The Labute approximate surface area is 313 Å². The molecular formula is C47H24F3N5. The summed E-state index contributed by atoms with van der Waals surface area (Å²) in [6.07, 6.45) is 0. The number of rotatable bonds is 5. The van der Waals surface area contributed by atoms with E-state index in [2.05, 4.69) is 9.69 Å². The summed E-state index contributed by atoms with van der Waals surface area (Å²) in [6, 6.07) is 43.2. The number of benzene rings is 7. The molecule has 0 saturated heterocycles. The van der Waals surface area contributed by atoms with E-state index in [0.29, 0.717) is 61.5 Å². The fourth-order valence-corrected chi connectivity index (χ4v) is 7.15. The molecule has 9 aromatic rings. The highest BCUT2D eigenvalue weighted by molar-refractivity contribution is 6.25. The van der Waals surface area contributed by atoms with Gasteiger partial charge in [0.2, 0.25) is 0 Å². The average molecular weight is 716 g/mol. The summed E-state index contributed by atoms with van der Waals surface area (Å²) in [5.41, 5.74) is 8.77. The van der Waals surface area contributed by atoms with Crippen LogP contribution in [0.15, 0.2) is 146 Å². The second-order valence-corrected chi connectivity index (χ2v) is 12.9. The lowest BCUT2D eigenvalue weighted by atomic mass is 9.89. The Hall–Kier alpha value is -7.68. The largest absolute Gasteiger partial charge is 0.247 e. The minimum atomic E-state index is -1.54. The molecule has 0 N–H and O–H groups in total. The fourth-order valence-electron chi connectivity index (χ4n) is 7.15. The van der Waals surface area contributed by atoms with Gasteiger partial charge in [-0.3, -0.25) is 0 Å². The average Bonchev–Trinajstić information content (AvgIpc) is 3.24. The maximum atomic E-state index is 14.8. The topological polar surface area (TPSA) is 47.4 Å². The molecule has 7 aromatic carbocycles. The van der Waals surface area contributed by atoms with E-state index in [9.17, 15) is 13.2 Å². The van der Waals surface area contributed by atoms with Gasteiger partial charge in [-0.2, -0.15) is 0 Å². The Bertz CT molecular complexity index is 3050. The van der Waals surface area contributed by atoms with Crippen LogP contribution in [0, 0.1) is 30.6 Å². The van der Waals surface area contributed by atoms with Gasteiger partial charge < -0.3 is 0 Å². The Morgan fingerprint density at radius 1 is 0.418 bits per heavy atom. The summed E-state index contributed by atoms with van der Waals surface area (Å²) in [5.74, 6) is -4.13. The third-order valence-electron chi connectivity index (χ3n) is 9.70. The number of hydrogen-bond donors (Lipinski definition) is 0. The van der Waals surface area contributed by atoms with E-state index in [1.807, 2.05) is 97.1 Å². The molecule has 258 valence electrons. The van der Waals surface area contributed by atoms with Gasteiger partial charge in [-0.1, -0.05) is 121 Å². The van der Waals surface area contributed by atoms with Gasteiger partial charge >= 0.3 is 0 Å². The molecule has 0 saturated carbocycles. The predicted octanol–water partition coefficient (Wildman–Crippen LogP) is 13.2. The van der Waals surface area contributed by atoms with Crippen molar-refractivity contribution in [3.05, 3.63) is 186 Å². The minimum Gasteiger partial charge on any atom is -0.247 e. The number of para-hydroxylation sites is 1. The highest BCUT2D eigenvalue weighted by Gasteiger charge is 2.24. The maximum Gasteiger partial charge on any atom is 0.194 e. The molecule has 0 bridgehead atoms. The molecular weight excluding hydrogens is 692 g/mol. The number of hydrogen-bond acceptors (Lipinski definition) is 3. The number of aromatic nitrogens is 3. The number of pyridine rings is 1. The summed E-state index contributed by atoms with van der Waals surface area (Å²) >= 11 is 0. The SMILES string of the molecule is [C-]#[N+]c1ccc(-c2nc3cc(-c4ccccc4)c4c5ccccc5nc(-c5ccccc5-c5cc(F)c(F)c(F)c5)c4c3nc2-c2ccc([N+]#[C-])cc2)cc1. The zero-order valence-corrected chi connectivity index (χ0v) is 28.7. The van der Waals surface area contributed by atoms with E-state index in [4.69, 9.17) is 28.1 Å². The molecule has 0 spiro atoms. The van der Waals surface area contributed by atoms with Crippen molar-refractivity contribution in [2.45, 2.75) is 0 Å². The first-order chi connectivity index (χ1) is 26.9. The first-order valence-electron chi connectivity index (χ1n) is 17.2. The Kier molecular flexibility index (Phi) is 8.07. The van der Waals surface area contributed by atoms with Crippen LogP contribution < -0.4 is 0 Å². The van der Waals surface area contributed by atoms with Crippen LogP contribution in [0.3, 0.4) is 0 Å². The van der Waals surface area contributed by atoms with Crippen LogP contribution in [0.1, 0.15) is 0 Å². The van der Waals surface area contributed by atoms with Crippen molar-refractivity contribution in [1.29, 1.82) is 0 Å². The standard InChI is InChI=1S/C47H24F3N5/c1-51-31-20-16-28(17-21-31)44-45(29-18-22-32(52-2)23-19-29)55-47-40(54-44)26-36(27-10-4-3-5-11-27)41-35-14-8-9-15-39(35)53-46(42(41)47)34-13-7-6-12-33(34)30-24-37(48)43(50)38(49)25-30/h3-26H. The van der Waals surface area contributed by atoms with Crippen LogP contribution in [0.25, 0.3) is 98.4 Å². The molecule has 0 aliphatic heterocycles. The third-order valence-corrected chi connectivity index (χ3v) is 9.70. The van der Waals surface area contributed by atoms with Gasteiger partial charge in [-0.15, -0.1) is 0 Å². The van der Waals surface area contributed by atoms with E-state index < -0.39 is 17.5 Å². The van der Waals surface area contributed by atoms with Gasteiger partial charge in [0.05, 0.1) is 46.8 Å². The molecule has 0 unspecified atom stereocenters. The fraction of sp³-hybridized carbons (Fsp3) is 0. The lowest BCUT2D eigenvalue weighted by molar-refractivity contribution is 0.448. The molecule has 2 heterocycles.